The molecule has 2 rings (SSSR count). The second-order valence-electron chi connectivity index (χ2n) is 4.49. The van der Waals surface area contributed by atoms with E-state index in [9.17, 15) is 4.79 Å². The largest absolute Gasteiger partial charge is 0.494 e. The average molecular weight is 288 g/mol. The Labute approximate surface area is 124 Å². The highest BCUT2D eigenvalue weighted by molar-refractivity contribution is 5.91. The van der Waals surface area contributed by atoms with E-state index in [1.54, 1.807) is 12.1 Å². The van der Waals surface area contributed by atoms with Crippen LogP contribution in [-0.2, 0) is 6.54 Å². The van der Waals surface area contributed by atoms with Gasteiger partial charge < -0.3 is 19.8 Å². The molecule has 1 aromatic carbocycles. The fourth-order valence-electron chi connectivity index (χ4n) is 1.86. The SMILES string of the molecule is CCOc1ccc(CNCCNC(=O)c2ccco2)cc1. The molecule has 2 aromatic rings. The molecule has 21 heavy (non-hydrogen) atoms. The molecule has 5 nitrogen and oxygen atoms in total. The van der Waals surface area contributed by atoms with E-state index in [0.29, 0.717) is 25.5 Å². The number of furan rings is 1. The summed E-state index contributed by atoms with van der Waals surface area (Å²) in [6.07, 6.45) is 1.49. The number of rotatable bonds is 8. The first-order valence-corrected chi connectivity index (χ1v) is 7.03. The second kappa shape index (κ2) is 8.11. The summed E-state index contributed by atoms with van der Waals surface area (Å²) in [5.74, 6) is 1.02. The van der Waals surface area contributed by atoms with Gasteiger partial charge in [-0.1, -0.05) is 12.1 Å². The Morgan fingerprint density at radius 1 is 1.19 bits per heavy atom. The van der Waals surface area contributed by atoms with Crippen molar-refractivity contribution in [2.45, 2.75) is 13.5 Å². The molecule has 0 radical (unpaired) electrons. The van der Waals surface area contributed by atoms with E-state index in [0.717, 1.165) is 12.3 Å². The Morgan fingerprint density at radius 2 is 2.00 bits per heavy atom. The van der Waals surface area contributed by atoms with Crippen molar-refractivity contribution >= 4 is 5.91 Å². The highest BCUT2D eigenvalue weighted by atomic mass is 16.5. The fourth-order valence-corrected chi connectivity index (χ4v) is 1.86. The van der Waals surface area contributed by atoms with Crippen LogP contribution in [0.2, 0.25) is 0 Å². The Morgan fingerprint density at radius 3 is 2.67 bits per heavy atom. The Kier molecular flexibility index (Phi) is 5.84. The molecule has 0 unspecified atom stereocenters. The summed E-state index contributed by atoms with van der Waals surface area (Å²) >= 11 is 0. The van der Waals surface area contributed by atoms with Crippen molar-refractivity contribution in [3.05, 3.63) is 54.0 Å². The first kappa shape index (κ1) is 15.1. The van der Waals surface area contributed by atoms with Gasteiger partial charge in [0.25, 0.3) is 5.91 Å². The van der Waals surface area contributed by atoms with Gasteiger partial charge in [-0.15, -0.1) is 0 Å². The van der Waals surface area contributed by atoms with Gasteiger partial charge in [0.2, 0.25) is 0 Å². The van der Waals surface area contributed by atoms with Crippen molar-refractivity contribution < 1.29 is 13.9 Å². The Balaban J connectivity index is 1.62. The number of carbonyl (C=O) groups is 1. The predicted molar refractivity (Wildman–Crippen MR) is 80.4 cm³/mol. The standard InChI is InChI=1S/C16H20N2O3/c1-2-20-14-7-5-13(6-8-14)12-17-9-10-18-16(19)15-4-3-11-21-15/h3-8,11,17H,2,9-10,12H2,1H3,(H,18,19). The molecule has 0 aliphatic rings. The van der Waals surface area contributed by atoms with E-state index >= 15 is 0 Å². The van der Waals surface area contributed by atoms with Gasteiger partial charge in [-0.2, -0.15) is 0 Å². The summed E-state index contributed by atoms with van der Waals surface area (Å²) in [6, 6.07) is 11.3. The van der Waals surface area contributed by atoms with E-state index in [1.165, 1.54) is 11.8 Å². The molecular formula is C16H20N2O3. The van der Waals surface area contributed by atoms with Gasteiger partial charge in [-0.25, -0.2) is 0 Å². The van der Waals surface area contributed by atoms with Crippen molar-refractivity contribution in [2.75, 3.05) is 19.7 Å². The lowest BCUT2D eigenvalue weighted by molar-refractivity contribution is 0.0926. The molecule has 0 saturated carbocycles. The van der Waals surface area contributed by atoms with Crippen molar-refractivity contribution in [1.29, 1.82) is 0 Å². The normalized spacial score (nSPS) is 10.3. The van der Waals surface area contributed by atoms with Crippen molar-refractivity contribution in [2.24, 2.45) is 0 Å². The molecule has 0 fully saturated rings. The highest BCUT2D eigenvalue weighted by Gasteiger charge is 2.06. The molecule has 5 heteroatoms. The molecule has 0 bridgehead atoms. The topological polar surface area (TPSA) is 63.5 Å². The number of nitrogens with one attached hydrogen (secondary N) is 2. The summed E-state index contributed by atoms with van der Waals surface area (Å²) in [5.41, 5.74) is 1.18. The predicted octanol–water partition coefficient (Wildman–Crippen LogP) is 2.20. The Bertz CT molecular complexity index is 535. The van der Waals surface area contributed by atoms with Crippen LogP contribution in [0.3, 0.4) is 0 Å². The van der Waals surface area contributed by atoms with Gasteiger partial charge >= 0.3 is 0 Å². The van der Waals surface area contributed by atoms with Gasteiger partial charge in [-0.05, 0) is 36.8 Å². The molecule has 1 aromatic heterocycles. The molecular weight excluding hydrogens is 268 g/mol. The number of hydrogen-bond acceptors (Lipinski definition) is 4. The van der Waals surface area contributed by atoms with Crippen LogP contribution in [0.25, 0.3) is 0 Å². The minimum absolute atomic E-state index is 0.192. The van der Waals surface area contributed by atoms with Gasteiger partial charge in [0.1, 0.15) is 5.75 Å². The third-order valence-electron chi connectivity index (χ3n) is 2.90. The third-order valence-corrected chi connectivity index (χ3v) is 2.90. The maximum atomic E-state index is 11.6. The molecule has 112 valence electrons. The fraction of sp³-hybridized carbons (Fsp3) is 0.312. The molecule has 0 atom stereocenters. The molecule has 1 amide bonds. The Hall–Kier alpha value is -2.27. The lowest BCUT2D eigenvalue weighted by Crippen LogP contribution is -2.31. The zero-order valence-corrected chi connectivity index (χ0v) is 12.1. The van der Waals surface area contributed by atoms with Crippen molar-refractivity contribution in [3.8, 4) is 5.75 Å². The molecule has 0 saturated heterocycles. The van der Waals surface area contributed by atoms with E-state index < -0.39 is 0 Å². The number of hydrogen-bond donors (Lipinski definition) is 2. The van der Waals surface area contributed by atoms with E-state index in [-0.39, 0.29) is 5.91 Å². The summed E-state index contributed by atoms with van der Waals surface area (Å²) in [5, 5.41) is 6.05. The van der Waals surface area contributed by atoms with Gasteiger partial charge in [0, 0.05) is 19.6 Å². The van der Waals surface area contributed by atoms with Crippen molar-refractivity contribution in [1.82, 2.24) is 10.6 Å². The van der Waals surface area contributed by atoms with Crippen LogP contribution in [0.1, 0.15) is 23.0 Å². The summed E-state index contributed by atoms with van der Waals surface area (Å²) in [4.78, 5) is 11.6. The van der Waals surface area contributed by atoms with Crippen LogP contribution < -0.4 is 15.4 Å². The maximum Gasteiger partial charge on any atom is 0.287 e. The van der Waals surface area contributed by atoms with Gasteiger partial charge in [0.05, 0.1) is 12.9 Å². The third kappa shape index (κ3) is 4.96. The summed E-state index contributed by atoms with van der Waals surface area (Å²) in [7, 11) is 0. The highest BCUT2D eigenvalue weighted by Crippen LogP contribution is 2.11. The van der Waals surface area contributed by atoms with E-state index in [2.05, 4.69) is 10.6 Å². The molecule has 0 aliphatic carbocycles. The molecule has 0 aliphatic heterocycles. The maximum absolute atomic E-state index is 11.6. The van der Waals surface area contributed by atoms with E-state index in [4.69, 9.17) is 9.15 Å². The van der Waals surface area contributed by atoms with Crippen LogP contribution >= 0.6 is 0 Å². The quantitative estimate of drug-likeness (QED) is 0.731. The van der Waals surface area contributed by atoms with Gasteiger partial charge in [0.15, 0.2) is 5.76 Å². The molecule has 1 heterocycles. The number of amides is 1. The number of carbonyl (C=O) groups excluding carboxylic acids is 1. The number of ether oxygens (including phenoxy) is 1. The summed E-state index contributed by atoms with van der Waals surface area (Å²) < 4.78 is 10.4. The van der Waals surface area contributed by atoms with Crippen LogP contribution in [0.15, 0.2) is 47.1 Å². The first-order valence-electron chi connectivity index (χ1n) is 7.03. The summed E-state index contributed by atoms with van der Waals surface area (Å²) in [6.45, 7) is 4.64. The van der Waals surface area contributed by atoms with Gasteiger partial charge in [-0.3, -0.25) is 4.79 Å². The minimum Gasteiger partial charge on any atom is -0.494 e. The monoisotopic (exact) mass is 288 g/mol. The van der Waals surface area contributed by atoms with Crippen molar-refractivity contribution in [3.63, 3.8) is 0 Å². The van der Waals surface area contributed by atoms with Crippen LogP contribution in [-0.4, -0.2) is 25.6 Å². The first-order chi connectivity index (χ1) is 10.3. The number of benzene rings is 1. The minimum atomic E-state index is -0.192. The zero-order valence-electron chi connectivity index (χ0n) is 12.1. The average Bonchev–Trinajstić information content (AvgIpc) is 3.03. The lowest BCUT2D eigenvalue weighted by Gasteiger charge is -2.07. The molecule has 2 N–H and O–H groups in total. The van der Waals surface area contributed by atoms with Crippen LogP contribution in [0.5, 0.6) is 5.75 Å². The molecule has 0 spiro atoms. The van der Waals surface area contributed by atoms with Crippen LogP contribution in [0.4, 0.5) is 0 Å². The van der Waals surface area contributed by atoms with Crippen LogP contribution in [0, 0.1) is 0 Å². The second-order valence-corrected chi connectivity index (χ2v) is 4.49. The van der Waals surface area contributed by atoms with E-state index in [1.807, 2.05) is 31.2 Å². The lowest BCUT2D eigenvalue weighted by atomic mass is 10.2. The zero-order chi connectivity index (χ0) is 14.9. The smallest absolute Gasteiger partial charge is 0.287 e.